The van der Waals surface area contributed by atoms with E-state index < -0.39 is 5.56 Å². The van der Waals surface area contributed by atoms with Crippen molar-refractivity contribution in [2.75, 3.05) is 13.2 Å². The Morgan fingerprint density at radius 1 is 1.15 bits per heavy atom. The minimum absolute atomic E-state index is 0.227. The van der Waals surface area contributed by atoms with Gasteiger partial charge in [-0.2, -0.15) is 14.6 Å². The minimum Gasteiger partial charge on any atom is -0.494 e. The fourth-order valence-electron chi connectivity index (χ4n) is 3.55. The van der Waals surface area contributed by atoms with Crippen LogP contribution < -0.4 is 25.1 Å². The van der Waals surface area contributed by atoms with Gasteiger partial charge in [-0.1, -0.05) is 48.6 Å². The van der Waals surface area contributed by atoms with Crippen molar-refractivity contribution in [2.45, 2.75) is 19.8 Å². The summed E-state index contributed by atoms with van der Waals surface area (Å²) in [6, 6.07) is 15.2. The monoisotopic (exact) mass is 459 g/mol. The van der Waals surface area contributed by atoms with Gasteiger partial charge in [-0.3, -0.25) is 9.59 Å². The average Bonchev–Trinajstić information content (AvgIpc) is 3.12. The molecule has 1 aliphatic rings. The zero-order valence-electron chi connectivity index (χ0n) is 18.0. The average molecular weight is 460 g/mol. The summed E-state index contributed by atoms with van der Waals surface area (Å²) in [6.45, 7) is 3.07. The van der Waals surface area contributed by atoms with Crippen LogP contribution in [-0.2, 0) is 6.42 Å². The molecule has 2 aromatic carbocycles. The standard InChI is InChI=1S/C25H21N3O4S/c1-2-11-31-19-9-7-16(8-10-19)13-20-23(29)26-25-28(27-20)24(30)22(33-25)14-17-12-18-5-3-4-6-21(18)32-15-17/h3-10,12,14H,2,11,13,15H2,1H3. The van der Waals surface area contributed by atoms with Crippen LogP contribution >= 0.6 is 11.3 Å². The van der Waals surface area contributed by atoms with E-state index in [0.29, 0.717) is 17.7 Å². The van der Waals surface area contributed by atoms with E-state index in [-0.39, 0.29) is 22.6 Å². The summed E-state index contributed by atoms with van der Waals surface area (Å²) in [5.41, 5.74) is 2.22. The van der Waals surface area contributed by atoms with Crippen molar-refractivity contribution in [1.82, 2.24) is 14.6 Å². The fraction of sp³-hybridized carbons (Fsp3) is 0.200. The Bertz CT molecular complexity index is 1520. The van der Waals surface area contributed by atoms with Gasteiger partial charge in [-0.25, -0.2) is 0 Å². The highest BCUT2D eigenvalue weighted by molar-refractivity contribution is 7.15. The predicted molar refractivity (Wildman–Crippen MR) is 128 cm³/mol. The quantitative estimate of drug-likeness (QED) is 0.441. The molecule has 0 aliphatic carbocycles. The normalized spacial score (nSPS) is 13.5. The van der Waals surface area contributed by atoms with Gasteiger partial charge in [0.25, 0.3) is 11.1 Å². The van der Waals surface area contributed by atoms with Gasteiger partial charge in [-0.15, -0.1) is 0 Å². The molecule has 8 heteroatoms. The first-order chi connectivity index (χ1) is 16.1. The lowest BCUT2D eigenvalue weighted by atomic mass is 10.1. The Morgan fingerprint density at radius 3 is 2.79 bits per heavy atom. The predicted octanol–water partition coefficient (Wildman–Crippen LogP) is 2.87. The van der Waals surface area contributed by atoms with Crippen LogP contribution in [0.4, 0.5) is 0 Å². The van der Waals surface area contributed by atoms with Gasteiger partial charge >= 0.3 is 0 Å². The van der Waals surface area contributed by atoms with Crippen LogP contribution in [0.15, 0.2) is 63.7 Å². The molecule has 0 saturated heterocycles. The highest BCUT2D eigenvalue weighted by Crippen LogP contribution is 2.26. The molecule has 0 fully saturated rings. The van der Waals surface area contributed by atoms with Crippen LogP contribution in [0.2, 0.25) is 0 Å². The second-order valence-electron chi connectivity index (χ2n) is 7.69. The number of fused-ring (bicyclic) bond motifs is 2. The van der Waals surface area contributed by atoms with Gasteiger partial charge in [0.1, 0.15) is 23.8 Å². The molecule has 0 atom stereocenters. The SMILES string of the molecule is CCCOc1ccc(Cc2nn3c(=O)c(=CC4=Cc5ccccc5OC4)sc3nc2=O)cc1. The lowest BCUT2D eigenvalue weighted by molar-refractivity contribution is 0.317. The molecule has 2 aromatic heterocycles. The molecule has 4 aromatic rings. The Labute approximate surface area is 193 Å². The number of hydrogen-bond donors (Lipinski definition) is 0. The van der Waals surface area contributed by atoms with Crippen LogP contribution in [0.1, 0.15) is 30.2 Å². The molecule has 0 radical (unpaired) electrons. The first kappa shape index (κ1) is 21.1. The van der Waals surface area contributed by atoms with Crippen LogP contribution in [0.25, 0.3) is 17.1 Å². The van der Waals surface area contributed by atoms with Crippen molar-refractivity contribution >= 4 is 28.4 Å². The number of nitrogens with zero attached hydrogens (tertiary/aromatic N) is 3. The molecule has 0 unspecified atom stereocenters. The summed E-state index contributed by atoms with van der Waals surface area (Å²) in [5.74, 6) is 1.60. The number of rotatable bonds is 6. The second kappa shape index (κ2) is 8.99. The third kappa shape index (κ3) is 4.42. The van der Waals surface area contributed by atoms with Gasteiger partial charge in [-0.05, 0) is 47.9 Å². The number of ether oxygens (including phenoxy) is 2. The van der Waals surface area contributed by atoms with Crippen molar-refractivity contribution in [1.29, 1.82) is 0 Å². The maximum atomic E-state index is 13.0. The number of benzene rings is 2. The second-order valence-corrected chi connectivity index (χ2v) is 8.70. The third-order valence-corrected chi connectivity index (χ3v) is 6.15. The first-order valence-electron chi connectivity index (χ1n) is 10.7. The van der Waals surface area contributed by atoms with E-state index >= 15 is 0 Å². The van der Waals surface area contributed by atoms with Gasteiger partial charge in [0.15, 0.2) is 0 Å². The molecule has 7 nitrogen and oxygen atoms in total. The number of hydrogen-bond acceptors (Lipinski definition) is 7. The zero-order chi connectivity index (χ0) is 22.8. The van der Waals surface area contributed by atoms with Crippen molar-refractivity contribution in [2.24, 2.45) is 0 Å². The Hall–Kier alpha value is -3.78. The molecule has 5 rings (SSSR count). The number of aromatic nitrogens is 3. The lowest BCUT2D eigenvalue weighted by Gasteiger charge is -2.15. The summed E-state index contributed by atoms with van der Waals surface area (Å²) < 4.78 is 13.0. The lowest BCUT2D eigenvalue weighted by Crippen LogP contribution is -2.28. The fourth-order valence-corrected chi connectivity index (χ4v) is 4.47. The van der Waals surface area contributed by atoms with Crippen LogP contribution in [-0.4, -0.2) is 27.8 Å². The summed E-state index contributed by atoms with van der Waals surface area (Å²) in [7, 11) is 0. The van der Waals surface area contributed by atoms with Crippen LogP contribution in [0, 0.1) is 0 Å². The Kier molecular flexibility index (Phi) is 5.75. The Balaban J connectivity index is 1.46. The molecule has 0 bridgehead atoms. The maximum absolute atomic E-state index is 13.0. The molecule has 0 spiro atoms. The molecular formula is C25H21N3O4S. The zero-order valence-corrected chi connectivity index (χ0v) is 18.8. The van der Waals surface area contributed by atoms with Crippen LogP contribution in [0.5, 0.6) is 11.5 Å². The number of para-hydroxylation sites is 1. The molecule has 0 N–H and O–H groups in total. The summed E-state index contributed by atoms with van der Waals surface area (Å²) in [6.07, 6.45) is 4.99. The van der Waals surface area contributed by atoms with Crippen LogP contribution in [0.3, 0.4) is 0 Å². The van der Waals surface area contributed by atoms with Gasteiger partial charge in [0, 0.05) is 12.0 Å². The van der Waals surface area contributed by atoms with E-state index in [2.05, 4.69) is 10.1 Å². The van der Waals surface area contributed by atoms with Crippen molar-refractivity contribution in [3.8, 4) is 11.5 Å². The van der Waals surface area contributed by atoms with E-state index in [1.54, 1.807) is 6.08 Å². The molecule has 33 heavy (non-hydrogen) atoms. The topological polar surface area (TPSA) is 82.8 Å². The molecular weight excluding hydrogens is 438 g/mol. The molecule has 0 saturated carbocycles. The van der Waals surface area contributed by atoms with Gasteiger partial charge < -0.3 is 9.47 Å². The van der Waals surface area contributed by atoms with Gasteiger partial charge in [0.05, 0.1) is 11.1 Å². The molecule has 1 aliphatic heterocycles. The third-order valence-electron chi connectivity index (χ3n) is 5.19. The molecule has 166 valence electrons. The van der Waals surface area contributed by atoms with Gasteiger partial charge in [0.2, 0.25) is 4.96 Å². The maximum Gasteiger partial charge on any atom is 0.296 e. The summed E-state index contributed by atoms with van der Waals surface area (Å²) in [4.78, 5) is 29.9. The summed E-state index contributed by atoms with van der Waals surface area (Å²) >= 11 is 1.15. The molecule has 0 amide bonds. The van der Waals surface area contributed by atoms with E-state index in [4.69, 9.17) is 9.47 Å². The highest BCUT2D eigenvalue weighted by Gasteiger charge is 2.14. The van der Waals surface area contributed by atoms with E-state index in [0.717, 1.165) is 46.0 Å². The van der Waals surface area contributed by atoms with E-state index in [1.165, 1.54) is 4.52 Å². The van der Waals surface area contributed by atoms with Crippen molar-refractivity contribution < 1.29 is 9.47 Å². The van der Waals surface area contributed by atoms with E-state index in [9.17, 15) is 9.59 Å². The minimum atomic E-state index is -0.428. The van der Waals surface area contributed by atoms with Crippen molar-refractivity contribution in [3.05, 3.63) is 96.2 Å². The Morgan fingerprint density at radius 2 is 1.97 bits per heavy atom. The number of thiazole rings is 1. The largest absolute Gasteiger partial charge is 0.494 e. The highest BCUT2D eigenvalue weighted by atomic mass is 32.1. The molecule has 3 heterocycles. The first-order valence-corrected chi connectivity index (χ1v) is 11.5. The van der Waals surface area contributed by atoms with E-state index in [1.807, 2.05) is 61.5 Å². The summed E-state index contributed by atoms with van der Waals surface area (Å²) in [5, 5.41) is 4.33. The smallest absolute Gasteiger partial charge is 0.296 e. The van der Waals surface area contributed by atoms with Crippen molar-refractivity contribution in [3.63, 3.8) is 0 Å².